The topological polar surface area (TPSA) is 0 Å². The van der Waals surface area contributed by atoms with Crippen LogP contribution in [0.3, 0.4) is 0 Å². The first-order valence-electron chi connectivity index (χ1n) is 10.4. The summed E-state index contributed by atoms with van der Waals surface area (Å²) in [6, 6.07) is 31.9. The van der Waals surface area contributed by atoms with Gasteiger partial charge in [-0.3, -0.25) is 0 Å². The highest BCUT2D eigenvalue weighted by atomic mass is 14.5. The Morgan fingerprint density at radius 3 is 1.55 bits per heavy atom. The number of fused-ring (bicyclic) bond motifs is 3. The molecular weight excluding hydrogens is 348 g/mol. The number of hydrogen-bond donors (Lipinski definition) is 0. The minimum absolute atomic E-state index is 0.290. The summed E-state index contributed by atoms with van der Waals surface area (Å²) in [5, 5.41) is 0. The average molecular weight is 375 g/mol. The van der Waals surface area contributed by atoms with Crippen LogP contribution < -0.4 is 0 Å². The van der Waals surface area contributed by atoms with Gasteiger partial charge in [-0.1, -0.05) is 102 Å². The van der Waals surface area contributed by atoms with Crippen molar-refractivity contribution in [2.24, 2.45) is 0 Å². The number of aryl methyl sites for hydroxylation is 4. The molecule has 0 nitrogen and oxygen atoms in total. The van der Waals surface area contributed by atoms with E-state index in [0.29, 0.717) is 0 Å². The Balaban J connectivity index is 2.01. The molecule has 0 saturated heterocycles. The second kappa shape index (κ2) is 6.46. The van der Waals surface area contributed by atoms with E-state index in [0.717, 1.165) is 0 Å². The van der Waals surface area contributed by atoms with Gasteiger partial charge in [0.05, 0.1) is 5.41 Å². The Morgan fingerprint density at radius 1 is 0.483 bits per heavy atom. The summed E-state index contributed by atoms with van der Waals surface area (Å²) < 4.78 is 0. The summed E-state index contributed by atoms with van der Waals surface area (Å²) in [7, 11) is 0. The van der Waals surface area contributed by atoms with E-state index in [1.807, 2.05) is 0 Å². The van der Waals surface area contributed by atoms with Gasteiger partial charge in [0.25, 0.3) is 0 Å². The highest BCUT2D eigenvalue weighted by Crippen LogP contribution is 2.57. The zero-order valence-electron chi connectivity index (χ0n) is 17.6. The Hall–Kier alpha value is -3.12. The number of benzene rings is 4. The molecule has 0 radical (unpaired) electrons. The van der Waals surface area contributed by atoms with Crippen molar-refractivity contribution in [3.05, 3.63) is 129 Å². The summed E-state index contributed by atoms with van der Waals surface area (Å²) in [5.41, 5.74) is 13.2. The SMILES string of the molecule is Cc1ccc(C2(c3ccccc3C)c3cc(C)ccc3-c3ccc(C)cc32)cc1. The quantitative estimate of drug-likeness (QED) is 0.304. The molecule has 4 aromatic rings. The molecule has 0 saturated carbocycles. The van der Waals surface area contributed by atoms with Crippen molar-refractivity contribution in [1.29, 1.82) is 0 Å². The molecule has 0 aromatic heterocycles. The van der Waals surface area contributed by atoms with Crippen molar-refractivity contribution in [2.45, 2.75) is 33.1 Å². The molecule has 0 bridgehead atoms. The lowest BCUT2D eigenvalue weighted by molar-refractivity contribution is 0.759. The first-order chi connectivity index (χ1) is 14.0. The van der Waals surface area contributed by atoms with Crippen molar-refractivity contribution in [3.63, 3.8) is 0 Å². The summed E-state index contributed by atoms with van der Waals surface area (Å²) in [5.74, 6) is 0. The fourth-order valence-corrected chi connectivity index (χ4v) is 5.11. The third-order valence-corrected chi connectivity index (χ3v) is 6.48. The second-order valence-electron chi connectivity index (χ2n) is 8.53. The monoisotopic (exact) mass is 374 g/mol. The smallest absolute Gasteiger partial charge is 0.0620 e. The summed E-state index contributed by atoms with van der Waals surface area (Å²) in [4.78, 5) is 0. The van der Waals surface area contributed by atoms with Gasteiger partial charge in [-0.2, -0.15) is 0 Å². The third kappa shape index (κ3) is 2.52. The van der Waals surface area contributed by atoms with Gasteiger partial charge in [0.1, 0.15) is 0 Å². The van der Waals surface area contributed by atoms with Crippen LogP contribution in [0.15, 0.2) is 84.9 Å². The zero-order chi connectivity index (χ0) is 20.2. The molecule has 5 rings (SSSR count). The molecule has 29 heavy (non-hydrogen) atoms. The fourth-order valence-electron chi connectivity index (χ4n) is 5.11. The molecular formula is C29H26. The van der Waals surface area contributed by atoms with Crippen molar-refractivity contribution < 1.29 is 0 Å². The first kappa shape index (κ1) is 17.9. The molecule has 4 aromatic carbocycles. The normalized spacial score (nSPS) is 13.8. The number of rotatable bonds is 2. The molecule has 1 aliphatic carbocycles. The maximum absolute atomic E-state index is 2.40. The van der Waals surface area contributed by atoms with Crippen LogP contribution in [0.1, 0.15) is 44.5 Å². The summed E-state index contributed by atoms with van der Waals surface area (Å²) in [6.07, 6.45) is 0. The molecule has 0 N–H and O–H groups in total. The van der Waals surface area contributed by atoms with Crippen LogP contribution in [0.25, 0.3) is 11.1 Å². The lowest BCUT2D eigenvalue weighted by atomic mass is 9.66. The minimum Gasteiger partial charge on any atom is -0.0620 e. The summed E-state index contributed by atoms with van der Waals surface area (Å²) in [6.45, 7) is 8.81. The van der Waals surface area contributed by atoms with Crippen molar-refractivity contribution in [1.82, 2.24) is 0 Å². The van der Waals surface area contributed by atoms with Crippen LogP contribution >= 0.6 is 0 Å². The second-order valence-corrected chi connectivity index (χ2v) is 8.53. The van der Waals surface area contributed by atoms with Gasteiger partial charge in [-0.05, 0) is 66.6 Å². The minimum atomic E-state index is -0.290. The van der Waals surface area contributed by atoms with Crippen molar-refractivity contribution in [2.75, 3.05) is 0 Å². The van der Waals surface area contributed by atoms with Crippen LogP contribution in [0.5, 0.6) is 0 Å². The van der Waals surface area contributed by atoms with Crippen molar-refractivity contribution in [3.8, 4) is 11.1 Å². The van der Waals surface area contributed by atoms with E-state index in [2.05, 4.69) is 113 Å². The predicted octanol–water partition coefficient (Wildman–Crippen LogP) is 7.28. The molecule has 142 valence electrons. The van der Waals surface area contributed by atoms with Gasteiger partial charge < -0.3 is 0 Å². The standard InChI is InChI=1S/C29H26/c1-19-9-13-23(14-10-19)29(26-8-6-5-7-22(26)4)27-17-20(2)11-15-24(27)25-16-12-21(3)18-28(25)29/h5-18H,1-4H3. The third-order valence-electron chi connectivity index (χ3n) is 6.48. The fraction of sp³-hybridized carbons (Fsp3) is 0.172. The molecule has 1 aliphatic rings. The molecule has 0 heterocycles. The molecule has 0 spiro atoms. The van der Waals surface area contributed by atoms with Crippen LogP contribution in [-0.4, -0.2) is 0 Å². The molecule has 0 unspecified atom stereocenters. The first-order valence-corrected chi connectivity index (χ1v) is 10.4. The molecule has 0 amide bonds. The Labute approximate surface area is 173 Å². The molecule has 0 heteroatoms. The largest absolute Gasteiger partial charge is 0.0716 e. The van der Waals surface area contributed by atoms with Crippen LogP contribution in [0.4, 0.5) is 0 Å². The van der Waals surface area contributed by atoms with E-state index in [1.165, 1.54) is 55.6 Å². The molecule has 0 aliphatic heterocycles. The summed E-state index contributed by atoms with van der Waals surface area (Å²) >= 11 is 0. The van der Waals surface area contributed by atoms with Crippen molar-refractivity contribution >= 4 is 0 Å². The molecule has 0 fully saturated rings. The molecule has 0 atom stereocenters. The predicted molar refractivity (Wildman–Crippen MR) is 123 cm³/mol. The van der Waals surface area contributed by atoms with Gasteiger partial charge in [-0.25, -0.2) is 0 Å². The van der Waals surface area contributed by atoms with E-state index in [4.69, 9.17) is 0 Å². The van der Waals surface area contributed by atoms with Crippen LogP contribution in [-0.2, 0) is 5.41 Å². The van der Waals surface area contributed by atoms with Gasteiger partial charge in [-0.15, -0.1) is 0 Å². The highest BCUT2D eigenvalue weighted by molar-refractivity contribution is 5.87. The van der Waals surface area contributed by atoms with Gasteiger partial charge in [0.2, 0.25) is 0 Å². The highest BCUT2D eigenvalue weighted by Gasteiger charge is 2.46. The van der Waals surface area contributed by atoms with E-state index in [1.54, 1.807) is 0 Å². The van der Waals surface area contributed by atoms with Crippen LogP contribution in [0.2, 0.25) is 0 Å². The van der Waals surface area contributed by atoms with Gasteiger partial charge in [0.15, 0.2) is 0 Å². The Morgan fingerprint density at radius 2 is 1.00 bits per heavy atom. The van der Waals surface area contributed by atoms with E-state index in [-0.39, 0.29) is 5.41 Å². The lowest BCUT2D eigenvalue weighted by Gasteiger charge is -2.35. The van der Waals surface area contributed by atoms with E-state index < -0.39 is 0 Å². The van der Waals surface area contributed by atoms with E-state index >= 15 is 0 Å². The zero-order valence-corrected chi connectivity index (χ0v) is 17.6. The Kier molecular flexibility index (Phi) is 3.99. The maximum atomic E-state index is 2.40. The van der Waals surface area contributed by atoms with Gasteiger partial charge in [0, 0.05) is 0 Å². The van der Waals surface area contributed by atoms with Crippen LogP contribution in [0, 0.1) is 27.7 Å². The van der Waals surface area contributed by atoms with E-state index in [9.17, 15) is 0 Å². The lowest BCUT2D eigenvalue weighted by Crippen LogP contribution is -2.29. The average Bonchev–Trinajstić information content (AvgIpc) is 2.98. The Bertz CT molecular complexity index is 1170. The number of hydrogen-bond acceptors (Lipinski definition) is 0. The maximum Gasteiger partial charge on any atom is 0.0716 e. The van der Waals surface area contributed by atoms with Gasteiger partial charge >= 0.3 is 0 Å².